The number of fused-ring (bicyclic) bond motifs is 1. The summed E-state index contributed by atoms with van der Waals surface area (Å²) in [5.41, 5.74) is 3.58. The fourth-order valence-electron chi connectivity index (χ4n) is 3.61. The Morgan fingerprint density at radius 1 is 1.20 bits per heavy atom. The Kier molecular flexibility index (Phi) is 4.62. The Morgan fingerprint density at radius 3 is 2.87 bits per heavy atom. The monoisotopic (exact) mass is 420 g/mol. The number of carbonyl (C=O) groups is 1. The second kappa shape index (κ2) is 7.45. The minimum Gasteiger partial charge on any atom is -0.342 e. The van der Waals surface area contributed by atoms with E-state index in [4.69, 9.17) is 4.98 Å². The number of hydrogen-bond acceptors (Lipinski definition) is 8. The Hall–Kier alpha value is -3.40. The van der Waals surface area contributed by atoms with E-state index < -0.39 is 0 Å². The Labute approximate surface area is 176 Å². The molecule has 4 aromatic heterocycles. The molecule has 1 amide bonds. The summed E-state index contributed by atoms with van der Waals surface area (Å²) in [6.07, 6.45) is 6.51. The van der Waals surface area contributed by atoms with Gasteiger partial charge in [-0.1, -0.05) is 11.3 Å². The normalized spacial score (nSPS) is 16.3. The molecule has 5 rings (SSSR count). The third-order valence-corrected chi connectivity index (χ3v) is 6.24. The lowest BCUT2D eigenvalue weighted by molar-refractivity contribution is -0.127. The van der Waals surface area contributed by atoms with Crippen molar-refractivity contribution >= 4 is 39.2 Å². The Bertz CT molecular complexity index is 1230. The molecule has 1 fully saturated rings. The third kappa shape index (κ3) is 3.61. The molecule has 152 valence electrons. The number of pyridine rings is 2. The third-order valence-electron chi connectivity index (χ3n) is 5.23. The fourth-order valence-corrected chi connectivity index (χ4v) is 4.49. The zero-order valence-electron chi connectivity index (χ0n) is 16.6. The summed E-state index contributed by atoms with van der Waals surface area (Å²) < 4.78 is 1.76. The summed E-state index contributed by atoms with van der Waals surface area (Å²) in [7, 11) is 1.89. The second-order valence-electron chi connectivity index (χ2n) is 7.38. The maximum atomic E-state index is 11.6. The van der Waals surface area contributed by atoms with Crippen LogP contribution in [0.25, 0.3) is 22.2 Å². The van der Waals surface area contributed by atoms with E-state index in [2.05, 4.69) is 25.6 Å². The molecule has 0 radical (unpaired) electrons. The molecule has 0 bridgehead atoms. The first kappa shape index (κ1) is 18.6. The maximum Gasteiger partial charge on any atom is 0.219 e. The highest BCUT2D eigenvalue weighted by Crippen LogP contribution is 2.32. The van der Waals surface area contributed by atoms with Gasteiger partial charge in [-0.15, -0.1) is 10.2 Å². The van der Waals surface area contributed by atoms with Gasteiger partial charge in [0.25, 0.3) is 0 Å². The summed E-state index contributed by atoms with van der Waals surface area (Å²) in [6.45, 7) is 3.09. The minimum absolute atomic E-state index is 0.111. The van der Waals surface area contributed by atoms with Crippen molar-refractivity contribution < 1.29 is 4.79 Å². The molecular weight excluding hydrogens is 400 g/mol. The van der Waals surface area contributed by atoms with Crippen LogP contribution in [0.1, 0.15) is 24.3 Å². The summed E-state index contributed by atoms with van der Waals surface area (Å²) in [5.74, 6) is 1.05. The second-order valence-corrected chi connectivity index (χ2v) is 8.39. The first-order valence-corrected chi connectivity index (χ1v) is 10.5. The van der Waals surface area contributed by atoms with Gasteiger partial charge in [-0.25, -0.2) is 4.98 Å². The van der Waals surface area contributed by atoms with Crippen molar-refractivity contribution in [1.82, 2.24) is 34.8 Å². The molecule has 0 aliphatic carbocycles. The number of amides is 1. The molecule has 1 unspecified atom stereocenters. The smallest absolute Gasteiger partial charge is 0.219 e. The largest absolute Gasteiger partial charge is 0.342 e. The van der Waals surface area contributed by atoms with Crippen LogP contribution < -0.4 is 5.32 Å². The minimum atomic E-state index is 0.111. The SMILES string of the molecule is CC(=O)N1CCC(c2nnc(Nc3ccc4ncc(-c5cnn(C)c5)cc4n3)s2)C1. The van der Waals surface area contributed by atoms with E-state index in [1.807, 2.05) is 48.7 Å². The molecule has 1 aliphatic heterocycles. The summed E-state index contributed by atoms with van der Waals surface area (Å²) >= 11 is 1.51. The number of nitrogens with one attached hydrogen (secondary N) is 1. The van der Waals surface area contributed by atoms with Gasteiger partial charge in [0.15, 0.2) is 0 Å². The van der Waals surface area contributed by atoms with E-state index in [0.29, 0.717) is 17.5 Å². The summed E-state index contributed by atoms with van der Waals surface area (Å²) in [5, 5.41) is 17.7. The molecule has 0 aromatic carbocycles. The van der Waals surface area contributed by atoms with Gasteiger partial charge in [0.1, 0.15) is 10.8 Å². The number of rotatable bonds is 4. The zero-order valence-corrected chi connectivity index (χ0v) is 17.4. The van der Waals surface area contributed by atoms with Gasteiger partial charge in [-0.2, -0.15) is 5.10 Å². The van der Waals surface area contributed by atoms with Crippen LogP contribution in [-0.4, -0.2) is 53.8 Å². The number of anilines is 2. The number of hydrogen-bond donors (Lipinski definition) is 1. The van der Waals surface area contributed by atoms with Crippen molar-refractivity contribution in [1.29, 1.82) is 0 Å². The molecule has 1 atom stereocenters. The van der Waals surface area contributed by atoms with Crippen LogP contribution in [0.3, 0.4) is 0 Å². The van der Waals surface area contributed by atoms with E-state index in [-0.39, 0.29) is 11.8 Å². The van der Waals surface area contributed by atoms with Crippen molar-refractivity contribution in [3.05, 3.63) is 41.8 Å². The van der Waals surface area contributed by atoms with Crippen LogP contribution >= 0.6 is 11.3 Å². The molecular formula is C20H20N8OS. The topological polar surface area (TPSA) is 102 Å². The van der Waals surface area contributed by atoms with Crippen LogP contribution in [0.5, 0.6) is 0 Å². The van der Waals surface area contributed by atoms with Crippen molar-refractivity contribution in [2.75, 3.05) is 18.4 Å². The lowest BCUT2D eigenvalue weighted by Gasteiger charge is -2.12. The number of nitrogens with zero attached hydrogens (tertiary/aromatic N) is 7. The van der Waals surface area contributed by atoms with Crippen LogP contribution in [0, 0.1) is 0 Å². The van der Waals surface area contributed by atoms with E-state index in [1.165, 1.54) is 11.3 Å². The quantitative estimate of drug-likeness (QED) is 0.541. The molecule has 0 saturated carbocycles. The predicted octanol–water partition coefficient (Wildman–Crippen LogP) is 2.96. The Morgan fingerprint density at radius 2 is 2.10 bits per heavy atom. The highest BCUT2D eigenvalue weighted by molar-refractivity contribution is 7.15. The van der Waals surface area contributed by atoms with Crippen LogP contribution in [0.4, 0.5) is 10.9 Å². The first-order valence-electron chi connectivity index (χ1n) is 9.67. The average Bonchev–Trinajstić information content (AvgIpc) is 3.48. The summed E-state index contributed by atoms with van der Waals surface area (Å²) in [6, 6.07) is 5.82. The molecule has 30 heavy (non-hydrogen) atoms. The van der Waals surface area contributed by atoms with Crippen molar-refractivity contribution in [2.24, 2.45) is 7.05 Å². The molecule has 10 heteroatoms. The predicted molar refractivity (Wildman–Crippen MR) is 115 cm³/mol. The lowest BCUT2D eigenvalue weighted by Crippen LogP contribution is -2.25. The number of carbonyl (C=O) groups excluding carboxylic acids is 1. The van der Waals surface area contributed by atoms with Gasteiger partial charge < -0.3 is 10.2 Å². The van der Waals surface area contributed by atoms with Crippen molar-refractivity contribution in [2.45, 2.75) is 19.3 Å². The van der Waals surface area contributed by atoms with Crippen LogP contribution in [0.15, 0.2) is 36.8 Å². The number of likely N-dealkylation sites (tertiary alicyclic amines) is 1. The number of aryl methyl sites for hydroxylation is 1. The highest BCUT2D eigenvalue weighted by Gasteiger charge is 2.28. The highest BCUT2D eigenvalue weighted by atomic mass is 32.1. The zero-order chi connectivity index (χ0) is 20.7. The van der Waals surface area contributed by atoms with Gasteiger partial charge in [0.05, 0.1) is 17.2 Å². The van der Waals surface area contributed by atoms with E-state index in [9.17, 15) is 4.79 Å². The van der Waals surface area contributed by atoms with Crippen molar-refractivity contribution in [3.63, 3.8) is 0 Å². The van der Waals surface area contributed by atoms with Gasteiger partial charge in [0.2, 0.25) is 11.0 Å². The summed E-state index contributed by atoms with van der Waals surface area (Å²) in [4.78, 5) is 22.6. The van der Waals surface area contributed by atoms with E-state index in [1.54, 1.807) is 11.6 Å². The Balaban J connectivity index is 1.35. The lowest BCUT2D eigenvalue weighted by atomic mass is 10.1. The molecule has 9 nitrogen and oxygen atoms in total. The van der Waals surface area contributed by atoms with Gasteiger partial charge >= 0.3 is 0 Å². The molecule has 1 saturated heterocycles. The van der Waals surface area contributed by atoms with Gasteiger partial charge in [-0.3, -0.25) is 14.5 Å². The molecule has 1 aliphatic rings. The maximum absolute atomic E-state index is 11.6. The first-order chi connectivity index (χ1) is 14.5. The van der Waals surface area contributed by atoms with Gasteiger partial charge in [-0.05, 0) is 24.6 Å². The molecule has 4 aromatic rings. The number of aromatic nitrogens is 6. The van der Waals surface area contributed by atoms with Crippen molar-refractivity contribution in [3.8, 4) is 11.1 Å². The molecule has 0 spiro atoms. The van der Waals surface area contributed by atoms with Crippen LogP contribution in [0.2, 0.25) is 0 Å². The van der Waals surface area contributed by atoms with Crippen LogP contribution in [-0.2, 0) is 11.8 Å². The molecule has 1 N–H and O–H groups in total. The standard InChI is InChI=1S/C20H20N8OS/c1-12(29)28-6-5-13(11-28)19-25-26-20(30-19)24-18-4-3-16-17(23-18)7-14(8-21-16)15-9-22-27(2)10-15/h3-4,7-10,13H,5-6,11H2,1-2H3,(H,23,24,26). The van der Waals surface area contributed by atoms with E-state index >= 15 is 0 Å². The molecule has 5 heterocycles. The van der Waals surface area contributed by atoms with Gasteiger partial charge in [0, 0.05) is 56.5 Å². The van der Waals surface area contributed by atoms with E-state index in [0.717, 1.165) is 40.1 Å². The average molecular weight is 421 g/mol. The fraction of sp³-hybridized carbons (Fsp3) is 0.300.